The lowest BCUT2D eigenvalue weighted by Gasteiger charge is -2.15. The van der Waals surface area contributed by atoms with Gasteiger partial charge in [-0.15, -0.1) is 0 Å². The normalized spacial score (nSPS) is 14.4. The highest BCUT2D eigenvalue weighted by molar-refractivity contribution is 7.89. The summed E-state index contributed by atoms with van der Waals surface area (Å²) in [7, 11) is -1.93. The van der Waals surface area contributed by atoms with Gasteiger partial charge in [0, 0.05) is 25.7 Å². The smallest absolute Gasteiger partial charge is 0.238 e. The predicted octanol–water partition coefficient (Wildman–Crippen LogP) is 2.34. The Balaban J connectivity index is 1.49. The lowest BCUT2D eigenvalue weighted by atomic mass is 10.1. The minimum absolute atomic E-state index is 0.120. The highest BCUT2D eigenvalue weighted by Crippen LogP contribution is 2.30. The second-order valence-electron chi connectivity index (χ2n) is 7.66. The maximum Gasteiger partial charge on any atom is 0.238 e. The molecule has 1 aliphatic rings. The highest BCUT2D eigenvalue weighted by Gasteiger charge is 2.22. The van der Waals surface area contributed by atoms with Crippen molar-refractivity contribution in [1.29, 1.82) is 0 Å². The Labute approximate surface area is 178 Å². The molecule has 3 rings (SSSR count). The van der Waals surface area contributed by atoms with E-state index in [1.165, 1.54) is 30.5 Å². The maximum atomic E-state index is 11.3. The SMILES string of the molecule is CN=C(NCCc1ccc(S(N)(=O)=O)cc1)NCc1ccc(C)cc1OCC1CC1. The minimum atomic E-state index is -3.66. The lowest BCUT2D eigenvalue weighted by Crippen LogP contribution is -2.37. The molecule has 0 heterocycles. The van der Waals surface area contributed by atoms with Crippen molar-refractivity contribution in [1.82, 2.24) is 10.6 Å². The second kappa shape index (κ2) is 9.95. The average molecular weight is 431 g/mol. The molecular formula is C22H30N4O3S. The third kappa shape index (κ3) is 6.74. The van der Waals surface area contributed by atoms with Gasteiger partial charge in [0.2, 0.25) is 10.0 Å². The zero-order valence-corrected chi connectivity index (χ0v) is 18.3. The van der Waals surface area contributed by atoms with E-state index in [1.54, 1.807) is 19.2 Å². The minimum Gasteiger partial charge on any atom is -0.493 e. The van der Waals surface area contributed by atoms with Crippen molar-refractivity contribution >= 4 is 16.0 Å². The molecule has 7 nitrogen and oxygen atoms in total. The second-order valence-corrected chi connectivity index (χ2v) is 9.22. The van der Waals surface area contributed by atoms with E-state index in [4.69, 9.17) is 9.88 Å². The summed E-state index contributed by atoms with van der Waals surface area (Å²) in [6.45, 7) is 4.13. The fourth-order valence-electron chi connectivity index (χ4n) is 3.00. The summed E-state index contributed by atoms with van der Waals surface area (Å²) < 4.78 is 28.7. The van der Waals surface area contributed by atoms with Gasteiger partial charge in [0.25, 0.3) is 0 Å². The van der Waals surface area contributed by atoms with Crippen LogP contribution in [0.1, 0.15) is 29.5 Å². The third-order valence-corrected chi connectivity index (χ3v) is 5.95. The molecule has 4 N–H and O–H groups in total. The zero-order chi connectivity index (χ0) is 21.6. The van der Waals surface area contributed by atoms with Crippen LogP contribution in [0.25, 0.3) is 0 Å². The Kier molecular flexibility index (Phi) is 7.33. The molecule has 0 aromatic heterocycles. The summed E-state index contributed by atoms with van der Waals surface area (Å²) in [6, 6.07) is 12.9. The lowest BCUT2D eigenvalue weighted by molar-refractivity contribution is 0.296. The van der Waals surface area contributed by atoms with Gasteiger partial charge in [0.05, 0.1) is 11.5 Å². The van der Waals surface area contributed by atoms with Crippen LogP contribution in [-0.4, -0.2) is 34.6 Å². The number of rotatable bonds is 9. The molecule has 0 amide bonds. The predicted molar refractivity (Wildman–Crippen MR) is 119 cm³/mol. The molecule has 8 heteroatoms. The number of benzene rings is 2. The van der Waals surface area contributed by atoms with Crippen molar-refractivity contribution in [2.45, 2.75) is 37.6 Å². The quantitative estimate of drug-likeness (QED) is 0.418. The van der Waals surface area contributed by atoms with Crippen molar-refractivity contribution in [2.24, 2.45) is 16.0 Å². The Morgan fingerprint density at radius 3 is 2.53 bits per heavy atom. The average Bonchev–Trinajstić information content (AvgIpc) is 3.54. The molecular weight excluding hydrogens is 400 g/mol. The van der Waals surface area contributed by atoms with Crippen molar-refractivity contribution in [3.8, 4) is 5.75 Å². The third-order valence-electron chi connectivity index (χ3n) is 5.02. The first-order valence-corrected chi connectivity index (χ1v) is 11.7. The number of aryl methyl sites for hydroxylation is 1. The standard InChI is InChI=1S/C22H30N4O3S/c1-16-3-8-19(21(13-16)29-15-18-4-5-18)14-26-22(24-2)25-12-11-17-6-9-20(10-7-17)30(23,27)28/h3,6-10,13,18H,4-5,11-12,14-15H2,1-2H3,(H2,23,27,28)(H2,24,25,26). The molecule has 0 spiro atoms. The summed E-state index contributed by atoms with van der Waals surface area (Å²) in [4.78, 5) is 4.39. The number of ether oxygens (including phenoxy) is 1. The van der Waals surface area contributed by atoms with Crippen molar-refractivity contribution in [2.75, 3.05) is 20.2 Å². The van der Waals surface area contributed by atoms with Crippen molar-refractivity contribution in [3.63, 3.8) is 0 Å². The molecule has 2 aromatic carbocycles. The van der Waals surface area contributed by atoms with E-state index < -0.39 is 10.0 Å². The number of guanidine groups is 1. The molecule has 1 aliphatic carbocycles. The molecule has 1 saturated carbocycles. The summed E-state index contributed by atoms with van der Waals surface area (Å²) in [5.74, 6) is 2.34. The van der Waals surface area contributed by atoms with E-state index in [9.17, 15) is 8.42 Å². The van der Waals surface area contributed by atoms with Crippen LogP contribution in [0, 0.1) is 12.8 Å². The van der Waals surface area contributed by atoms with Gasteiger partial charge < -0.3 is 15.4 Å². The topological polar surface area (TPSA) is 106 Å². The summed E-state index contributed by atoms with van der Waals surface area (Å²) >= 11 is 0. The number of nitrogens with zero attached hydrogens (tertiary/aromatic N) is 1. The van der Waals surface area contributed by atoms with Crippen LogP contribution in [0.3, 0.4) is 0 Å². The molecule has 0 bridgehead atoms. The molecule has 0 unspecified atom stereocenters. The van der Waals surface area contributed by atoms with E-state index in [2.05, 4.69) is 40.7 Å². The van der Waals surface area contributed by atoms with Crippen LogP contribution < -0.4 is 20.5 Å². The zero-order valence-electron chi connectivity index (χ0n) is 17.5. The molecule has 0 saturated heterocycles. The summed E-state index contributed by atoms with van der Waals surface area (Å²) in [5.41, 5.74) is 3.29. The maximum absolute atomic E-state index is 11.3. The van der Waals surface area contributed by atoms with Crippen LogP contribution in [0.4, 0.5) is 0 Å². The van der Waals surface area contributed by atoms with E-state index >= 15 is 0 Å². The largest absolute Gasteiger partial charge is 0.493 e. The van der Waals surface area contributed by atoms with Gasteiger partial charge in [0.1, 0.15) is 5.75 Å². The number of hydrogen-bond acceptors (Lipinski definition) is 4. The van der Waals surface area contributed by atoms with E-state index in [0.29, 0.717) is 25.0 Å². The summed E-state index contributed by atoms with van der Waals surface area (Å²) in [6.07, 6.45) is 3.26. The Hall–Kier alpha value is -2.58. The number of nitrogens with two attached hydrogens (primary N) is 1. The summed E-state index contributed by atoms with van der Waals surface area (Å²) in [5, 5.41) is 11.7. The van der Waals surface area contributed by atoms with Crippen molar-refractivity contribution < 1.29 is 13.2 Å². The van der Waals surface area contributed by atoms with Gasteiger partial charge in [-0.1, -0.05) is 24.3 Å². The van der Waals surface area contributed by atoms with Gasteiger partial charge in [-0.2, -0.15) is 0 Å². The fourth-order valence-corrected chi connectivity index (χ4v) is 3.52. The van der Waals surface area contributed by atoms with Gasteiger partial charge in [-0.25, -0.2) is 13.6 Å². The van der Waals surface area contributed by atoms with Crippen molar-refractivity contribution in [3.05, 3.63) is 59.2 Å². The van der Waals surface area contributed by atoms with E-state index in [0.717, 1.165) is 29.9 Å². The first-order chi connectivity index (χ1) is 14.3. The molecule has 0 atom stereocenters. The van der Waals surface area contributed by atoms with Crippen LogP contribution in [0.2, 0.25) is 0 Å². The Morgan fingerprint density at radius 2 is 1.90 bits per heavy atom. The molecule has 2 aromatic rings. The molecule has 0 radical (unpaired) electrons. The monoisotopic (exact) mass is 430 g/mol. The van der Waals surface area contributed by atoms with Gasteiger partial charge >= 0.3 is 0 Å². The fraction of sp³-hybridized carbons (Fsp3) is 0.409. The highest BCUT2D eigenvalue weighted by atomic mass is 32.2. The van der Waals surface area contributed by atoms with Crippen LogP contribution in [-0.2, 0) is 23.0 Å². The number of nitrogens with one attached hydrogen (secondary N) is 2. The van der Waals surface area contributed by atoms with Gasteiger partial charge in [-0.3, -0.25) is 4.99 Å². The Bertz CT molecular complexity index is 984. The number of sulfonamides is 1. The van der Waals surface area contributed by atoms with Gasteiger partial charge in [-0.05, 0) is 61.4 Å². The first-order valence-electron chi connectivity index (χ1n) is 10.1. The van der Waals surface area contributed by atoms with Gasteiger partial charge in [0.15, 0.2) is 5.96 Å². The molecule has 1 fully saturated rings. The molecule has 0 aliphatic heterocycles. The first kappa shape index (κ1) is 22.1. The molecule has 30 heavy (non-hydrogen) atoms. The van der Waals surface area contributed by atoms with E-state index in [-0.39, 0.29) is 4.90 Å². The Morgan fingerprint density at radius 1 is 1.17 bits per heavy atom. The van der Waals surface area contributed by atoms with E-state index in [1.807, 2.05) is 0 Å². The number of aliphatic imine (C=N–C) groups is 1. The number of hydrogen-bond donors (Lipinski definition) is 3. The number of primary sulfonamides is 1. The van der Waals surface area contributed by atoms with Crippen LogP contribution >= 0.6 is 0 Å². The van der Waals surface area contributed by atoms with Crippen LogP contribution in [0.5, 0.6) is 5.75 Å². The molecule has 162 valence electrons. The van der Waals surface area contributed by atoms with Crippen LogP contribution in [0.15, 0.2) is 52.4 Å².